The van der Waals surface area contributed by atoms with E-state index < -0.39 is 29.6 Å². The fourth-order valence-electron chi connectivity index (χ4n) is 3.14. The third kappa shape index (κ3) is 4.08. The lowest BCUT2D eigenvalue weighted by molar-refractivity contribution is -0.149. The van der Waals surface area contributed by atoms with Crippen molar-refractivity contribution >= 4 is 35.4 Å². The maximum atomic E-state index is 13.0. The van der Waals surface area contributed by atoms with Crippen LogP contribution in [0.4, 0.5) is 22.0 Å². The fraction of sp³-hybridized carbons (Fsp3) is 0.143. The predicted octanol–water partition coefficient (Wildman–Crippen LogP) is 2.06. The highest BCUT2D eigenvalue weighted by Crippen LogP contribution is 2.25. The highest BCUT2D eigenvalue weighted by molar-refractivity contribution is 6.22. The van der Waals surface area contributed by atoms with E-state index in [4.69, 9.17) is 10.5 Å². The summed E-state index contributed by atoms with van der Waals surface area (Å²) in [4.78, 5) is 50.4. The van der Waals surface area contributed by atoms with Crippen LogP contribution in [0.1, 0.15) is 33.5 Å². The van der Waals surface area contributed by atoms with Crippen molar-refractivity contribution < 1.29 is 23.5 Å². The summed E-state index contributed by atoms with van der Waals surface area (Å²) in [6.07, 6.45) is 0. The lowest BCUT2D eigenvalue weighted by Gasteiger charge is -2.20. The lowest BCUT2D eigenvalue weighted by Crippen LogP contribution is -2.43. The summed E-state index contributed by atoms with van der Waals surface area (Å²) in [5.41, 5.74) is 6.67. The Bertz CT molecular complexity index is 1180. The molecule has 2 heterocycles. The number of carbonyl (C=O) groups is 3. The highest BCUT2D eigenvalue weighted by Gasteiger charge is 2.41. The Morgan fingerprint density at radius 2 is 1.69 bits per heavy atom. The zero-order valence-electron chi connectivity index (χ0n) is 16.8. The van der Waals surface area contributed by atoms with E-state index in [0.717, 1.165) is 4.90 Å². The number of nitrogens with one attached hydrogen (secondary N) is 1. The molecule has 32 heavy (non-hydrogen) atoms. The van der Waals surface area contributed by atoms with Crippen molar-refractivity contribution in [1.82, 2.24) is 19.9 Å². The van der Waals surface area contributed by atoms with Crippen LogP contribution in [0.3, 0.4) is 0 Å². The number of esters is 1. The maximum Gasteiger partial charge on any atom is 0.329 e. The lowest BCUT2D eigenvalue weighted by atomic mass is 10.1. The molecule has 0 fully saturated rings. The summed E-state index contributed by atoms with van der Waals surface area (Å²) in [5, 5.41) is 2.84. The van der Waals surface area contributed by atoms with Gasteiger partial charge >= 0.3 is 5.97 Å². The van der Waals surface area contributed by atoms with Crippen LogP contribution in [0.5, 0.6) is 0 Å². The van der Waals surface area contributed by atoms with Gasteiger partial charge in [0, 0.05) is 5.69 Å². The number of nitrogens with two attached hydrogens (primary N) is 1. The average molecular weight is 436 g/mol. The number of ether oxygens (including phenoxy) is 1. The van der Waals surface area contributed by atoms with Crippen LogP contribution in [0.25, 0.3) is 0 Å². The molecule has 0 saturated heterocycles. The van der Waals surface area contributed by atoms with Crippen LogP contribution in [-0.2, 0) is 16.1 Å². The van der Waals surface area contributed by atoms with Crippen LogP contribution in [-0.4, -0.2) is 43.7 Å². The monoisotopic (exact) mass is 436 g/mol. The molecule has 0 aliphatic carbocycles. The molecule has 0 radical (unpaired) electrons. The number of benzene rings is 2. The van der Waals surface area contributed by atoms with Gasteiger partial charge in [0.1, 0.15) is 11.9 Å². The summed E-state index contributed by atoms with van der Waals surface area (Å²) in [6.45, 7) is 1.03. The molecule has 0 bridgehead atoms. The Morgan fingerprint density at radius 1 is 1.06 bits per heavy atom. The maximum absolute atomic E-state index is 13.0. The van der Waals surface area contributed by atoms with E-state index in [1.54, 1.807) is 12.1 Å². The summed E-state index contributed by atoms with van der Waals surface area (Å²) < 4.78 is 18.3. The minimum Gasteiger partial charge on any atom is -0.456 e. The summed E-state index contributed by atoms with van der Waals surface area (Å²) in [7, 11) is 0. The Kier molecular flexibility index (Phi) is 5.46. The number of nitrogens with zero attached hydrogens (tertiary/aromatic N) is 4. The number of aromatic nitrogens is 3. The normalized spacial score (nSPS) is 13.6. The Balaban J connectivity index is 1.43. The summed E-state index contributed by atoms with van der Waals surface area (Å²) in [6, 6.07) is 10.7. The molecule has 0 saturated carbocycles. The van der Waals surface area contributed by atoms with Gasteiger partial charge in [-0.3, -0.25) is 14.5 Å². The van der Waals surface area contributed by atoms with Crippen LogP contribution in [0.15, 0.2) is 48.5 Å². The number of amides is 2. The van der Waals surface area contributed by atoms with E-state index in [1.165, 1.54) is 43.3 Å². The minimum atomic E-state index is -1.15. The quantitative estimate of drug-likeness (QED) is 0.439. The van der Waals surface area contributed by atoms with Gasteiger partial charge in [0.15, 0.2) is 12.4 Å². The second-order valence-corrected chi connectivity index (χ2v) is 6.87. The first-order chi connectivity index (χ1) is 15.3. The third-order valence-corrected chi connectivity index (χ3v) is 4.70. The van der Waals surface area contributed by atoms with Crippen LogP contribution < -0.4 is 11.1 Å². The molecule has 0 spiro atoms. The van der Waals surface area contributed by atoms with Crippen LogP contribution in [0, 0.1) is 5.82 Å². The molecule has 3 aromatic rings. The largest absolute Gasteiger partial charge is 0.456 e. The Labute approximate surface area is 181 Å². The van der Waals surface area contributed by atoms with Crippen molar-refractivity contribution in [1.29, 1.82) is 0 Å². The van der Waals surface area contributed by atoms with Crippen molar-refractivity contribution in [2.24, 2.45) is 0 Å². The standard InChI is InChI=1S/C21H17FN6O4/c1-11(28-17(29)14-4-2-3-5-15(14)18(28)30)19(31)32-10-16-25-20(23)27-21(26-16)24-13-8-6-12(22)7-9-13/h2-9,11H,10H2,1H3,(H3,23,24,25,26,27). The number of hydrogen-bond acceptors (Lipinski definition) is 9. The van der Waals surface area contributed by atoms with E-state index in [0.29, 0.717) is 5.69 Å². The van der Waals surface area contributed by atoms with Gasteiger partial charge in [-0.2, -0.15) is 15.0 Å². The number of carbonyl (C=O) groups excluding carboxylic acids is 3. The highest BCUT2D eigenvalue weighted by atomic mass is 19.1. The zero-order chi connectivity index (χ0) is 22.8. The molecule has 2 aromatic carbocycles. The van der Waals surface area contributed by atoms with Gasteiger partial charge in [-0.1, -0.05) is 12.1 Å². The molecule has 1 atom stereocenters. The molecule has 2 amide bonds. The molecule has 1 aliphatic rings. The van der Waals surface area contributed by atoms with Crippen LogP contribution in [0.2, 0.25) is 0 Å². The molecule has 1 aromatic heterocycles. The third-order valence-electron chi connectivity index (χ3n) is 4.70. The van der Waals surface area contributed by atoms with Gasteiger partial charge in [0.2, 0.25) is 11.9 Å². The molecule has 10 nitrogen and oxygen atoms in total. The Hall–Kier alpha value is -4.41. The first-order valence-electron chi connectivity index (χ1n) is 9.50. The molecule has 3 N–H and O–H groups in total. The fourth-order valence-corrected chi connectivity index (χ4v) is 3.14. The second kappa shape index (κ2) is 8.38. The number of imide groups is 1. The van der Waals surface area contributed by atoms with Crippen molar-refractivity contribution in [3.63, 3.8) is 0 Å². The van der Waals surface area contributed by atoms with Crippen molar-refractivity contribution in [2.75, 3.05) is 11.1 Å². The van der Waals surface area contributed by atoms with E-state index in [2.05, 4.69) is 20.3 Å². The molecular formula is C21H17FN6O4. The first-order valence-corrected chi connectivity index (χ1v) is 9.50. The number of rotatable bonds is 6. The average Bonchev–Trinajstić information content (AvgIpc) is 3.03. The van der Waals surface area contributed by atoms with Gasteiger partial charge in [-0.25, -0.2) is 9.18 Å². The molecule has 162 valence electrons. The zero-order valence-corrected chi connectivity index (χ0v) is 16.8. The molecular weight excluding hydrogens is 419 g/mol. The SMILES string of the molecule is CC(C(=O)OCc1nc(N)nc(Nc2ccc(F)cc2)n1)N1C(=O)c2ccccc2C1=O. The smallest absolute Gasteiger partial charge is 0.329 e. The number of halogens is 1. The molecule has 4 rings (SSSR count). The molecule has 1 unspecified atom stereocenters. The van der Waals surface area contributed by atoms with Gasteiger partial charge < -0.3 is 15.8 Å². The van der Waals surface area contributed by atoms with E-state index in [1.807, 2.05) is 0 Å². The number of nitrogen functional groups attached to an aromatic ring is 1. The van der Waals surface area contributed by atoms with E-state index in [-0.39, 0.29) is 35.5 Å². The van der Waals surface area contributed by atoms with E-state index >= 15 is 0 Å². The van der Waals surface area contributed by atoms with Gasteiger partial charge in [0.05, 0.1) is 11.1 Å². The predicted molar refractivity (Wildman–Crippen MR) is 110 cm³/mol. The Morgan fingerprint density at radius 3 is 2.31 bits per heavy atom. The first kappa shape index (κ1) is 20.8. The number of anilines is 3. The van der Waals surface area contributed by atoms with Crippen molar-refractivity contribution in [2.45, 2.75) is 19.6 Å². The van der Waals surface area contributed by atoms with Crippen LogP contribution >= 0.6 is 0 Å². The van der Waals surface area contributed by atoms with Gasteiger partial charge in [0.25, 0.3) is 11.8 Å². The second-order valence-electron chi connectivity index (χ2n) is 6.87. The summed E-state index contributed by atoms with van der Waals surface area (Å²) in [5.74, 6) is -2.34. The van der Waals surface area contributed by atoms with E-state index in [9.17, 15) is 18.8 Å². The molecule has 1 aliphatic heterocycles. The van der Waals surface area contributed by atoms with Gasteiger partial charge in [-0.15, -0.1) is 0 Å². The topological polar surface area (TPSA) is 140 Å². The molecule has 11 heteroatoms. The summed E-state index contributed by atoms with van der Waals surface area (Å²) >= 11 is 0. The van der Waals surface area contributed by atoms with Crippen molar-refractivity contribution in [3.8, 4) is 0 Å². The van der Waals surface area contributed by atoms with Gasteiger partial charge in [-0.05, 0) is 43.3 Å². The number of fused-ring (bicyclic) bond motifs is 1. The van der Waals surface area contributed by atoms with Crippen molar-refractivity contribution in [3.05, 3.63) is 71.3 Å². The number of hydrogen-bond donors (Lipinski definition) is 2. The minimum absolute atomic E-state index is 0.0463.